The Labute approximate surface area is 136 Å². The Morgan fingerprint density at radius 2 is 1.90 bits per heavy atom. The lowest BCUT2D eigenvalue weighted by atomic mass is 10.2. The minimum Gasteiger partial charge on any atom is -0.329 e. The van der Waals surface area contributed by atoms with Gasteiger partial charge in [-0.05, 0) is 54.6 Å². The molecular weight excluding hydrogens is 334 g/mol. The van der Waals surface area contributed by atoms with Crippen LogP contribution in [0.4, 0.5) is 0 Å². The molecule has 1 atom stereocenters. The summed E-state index contributed by atoms with van der Waals surface area (Å²) in [7, 11) is 0. The Balaban J connectivity index is 2.54. The van der Waals surface area contributed by atoms with Crippen LogP contribution in [0.3, 0.4) is 0 Å². The summed E-state index contributed by atoms with van der Waals surface area (Å²) in [5.74, 6) is 0. The number of hydrogen-bond donors (Lipinski definition) is 1. The third kappa shape index (κ3) is 5.45. The molecule has 1 rings (SSSR count). The first kappa shape index (κ1) is 18.1. The zero-order valence-corrected chi connectivity index (χ0v) is 15.3. The molecule has 0 fully saturated rings. The SMILES string of the molecule is CCN(CC)CCCN(CC)C(CN)c1cc(Br)cs1. The number of rotatable bonds is 10. The van der Waals surface area contributed by atoms with Crippen molar-refractivity contribution < 1.29 is 0 Å². The van der Waals surface area contributed by atoms with Gasteiger partial charge in [0.25, 0.3) is 0 Å². The van der Waals surface area contributed by atoms with Crippen molar-refractivity contribution in [3.63, 3.8) is 0 Å². The Kier molecular flexibility index (Phi) is 8.96. The first-order valence-corrected chi connectivity index (χ1v) is 9.23. The minimum absolute atomic E-state index is 0.355. The quantitative estimate of drug-likeness (QED) is 0.691. The van der Waals surface area contributed by atoms with E-state index in [1.54, 1.807) is 11.3 Å². The molecule has 1 aromatic rings. The molecular formula is C15H28BrN3S. The molecule has 5 heteroatoms. The molecule has 20 heavy (non-hydrogen) atoms. The van der Waals surface area contributed by atoms with Crippen molar-refractivity contribution in [2.24, 2.45) is 5.73 Å². The molecule has 1 aromatic heterocycles. The predicted molar refractivity (Wildman–Crippen MR) is 93.5 cm³/mol. The van der Waals surface area contributed by atoms with E-state index in [4.69, 9.17) is 5.73 Å². The number of nitrogens with two attached hydrogens (primary N) is 1. The highest BCUT2D eigenvalue weighted by Gasteiger charge is 2.19. The second-order valence-corrected chi connectivity index (χ2v) is 6.79. The molecule has 0 spiro atoms. The first-order valence-electron chi connectivity index (χ1n) is 7.56. The summed E-state index contributed by atoms with van der Waals surface area (Å²) in [6.07, 6.45) is 1.21. The molecule has 2 N–H and O–H groups in total. The molecule has 0 aliphatic heterocycles. The highest BCUT2D eigenvalue weighted by molar-refractivity contribution is 9.10. The van der Waals surface area contributed by atoms with Gasteiger partial charge in [-0.1, -0.05) is 20.8 Å². The summed E-state index contributed by atoms with van der Waals surface area (Å²) in [5, 5.41) is 2.14. The third-order valence-corrected chi connectivity index (χ3v) is 5.60. The van der Waals surface area contributed by atoms with E-state index < -0.39 is 0 Å². The smallest absolute Gasteiger partial charge is 0.0564 e. The van der Waals surface area contributed by atoms with Crippen LogP contribution in [0.25, 0.3) is 0 Å². The van der Waals surface area contributed by atoms with Gasteiger partial charge in [-0.2, -0.15) is 0 Å². The van der Waals surface area contributed by atoms with Crippen molar-refractivity contribution in [2.75, 3.05) is 39.3 Å². The molecule has 0 aliphatic rings. The van der Waals surface area contributed by atoms with Crippen LogP contribution in [0.2, 0.25) is 0 Å². The fourth-order valence-corrected chi connectivity index (χ4v) is 4.11. The lowest BCUT2D eigenvalue weighted by Gasteiger charge is -2.30. The summed E-state index contributed by atoms with van der Waals surface area (Å²) < 4.78 is 1.16. The maximum absolute atomic E-state index is 6.01. The van der Waals surface area contributed by atoms with E-state index >= 15 is 0 Å². The summed E-state index contributed by atoms with van der Waals surface area (Å²) in [4.78, 5) is 6.35. The standard InChI is InChI=1S/C15H28BrN3S/c1-4-18(5-2)8-7-9-19(6-3)14(11-17)15-10-13(16)12-20-15/h10,12,14H,4-9,11,17H2,1-3H3. The van der Waals surface area contributed by atoms with E-state index in [0.29, 0.717) is 12.6 Å². The molecule has 1 unspecified atom stereocenters. The van der Waals surface area contributed by atoms with Gasteiger partial charge < -0.3 is 10.6 Å². The van der Waals surface area contributed by atoms with Crippen molar-refractivity contribution in [1.29, 1.82) is 0 Å². The average Bonchev–Trinajstić information content (AvgIpc) is 2.88. The summed E-state index contributed by atoms with van der Waals surface area (Å²) in [6.45, 7) is 13.0. The predicted octanol–water partition coefficient (Wildman–Crippen LogP) is 3.56. The topological polar surface area (TPSA) is 32.5 Å². The van der Waals surface area contributed by atoms with Gasteiger partial charge in [0, 0.05) is 27.8 Å². The van der Waals surface area contributed by atoms with Crippen LogP contribution in [0.15, 0.2) is 15.9 Å². The van der Waals surface area contributed by atoms with Gasteiger partial charge in [-0.15, -0.1) is 11.3 Å². The van der Waals surface area contributed by atoms with E-state index in [0.717, 1.165) is 30.7 Å². The minimum atomic E-state index is 0.355. The number of thiophene rings is 1. The number of likely N-dealkylation sites (N-methyl/N-ethyl adjacent to an activating group) is 1. The van der Waals surface area contributed by atoms with Crippen LogP contribution in [0, 0.1) is 0 Å². The molecule has 3 nitrogen and oxygen atoms in total. The summed E-state index contributed by atoms with van der Waals surface area (Å²) in [5.41, 5.74) is 6.01. The van der Waals surface area contributed by atoms with E-state index in [1.807, 2.05) is 0 Å². The monoisotopic (exact) mass is 361 g/mol. The van der Waals surface area contributed by atoms with Crippen molar-refractivity contribution in [3.05, 3.63) is 20.8 Å². The summed E-state index contributed by atoms with van der Waals surface area (Å²) in [6, 6.07) is 2.56. The Bertz CT molecular complexity index is 366. The van der Waals surface area contributed by atoms with Crippen molar-refractivity contribution in [1.82, 2.24) is 9.80 Å². The van der Waals surface area contributed by atoms with Crippen LogP contribution in [0.5, 0.6) is 0 Å². The van der Waals surface area contributed by atoms with Gasteiger partial charge in [0.2, 0.25) is 0 Å². The van der Waals surface area contributed by atoms with Crippen LogP contribution in [-0.4, -0.2) is 49.1 Å². The van der Waals surface area contributed by atoms with Gasteiger partial charge >= 0.3 is 0 Å². The number of nitrogens with zero attached hydrogens (tertiary/aromatic N) is 2. The molecule has 0 saturated heterocycles. The fourth-order valence-electron chi connectivity index (χ4n) is 2.52. The fraction of sp³-hybridized carbons (Fsp3) is 0.733. The highest BCUT2D eigenvalue weighted by Crippen LogP contribution is 2.29. The zero-order valence-electron chi connectivity index (χ0n) is 12.9. The van der Waals surface area contributed by atoms with E-state index in [2.05, 4.69) is 57.9 Å². The molecule has 0 aromatic carbocycles. The van der Waals surface area contributed by atoms with Gasteiger partial charge in [-0.3, -0.25) is 4.90 Å². The van der Waals surface area contributed by atoms with E-state index in [9.17, 15) is 0 Å². The van der Waals surface area contributed by atoms with Crippen molar-refractivity contribution >= 4 is 27.3 Å². The summed E-state index contributed by atoms with van der Waals surface area (Å²) >= 11 is 5.33. The van der Waals surface area contributed by atoms with Crippen LogP contribution < -0.4 is 5.73 Å². The molecule has 116 valence electrons. The number of halogens is 1. The second-order valence-electron chi connectivity index (χ2n) is 4.93. The van der Waals surface area contributed by atoms with Gasteiger partial charge in [0.05, 0.1) is 6.04 Å². The molecule has 0 bridgehead atoms. The van der Waals surface area contributed by atoms with Gasteiger partial charge in [0.15, 0.2) is 0 Å². The van der Waals surface area contributed by atoms with E-state index in [1.165, 1.54) is 17.8 Å². The normalized spacial score (nSPS) is 13.3. The highest BCUT2D eigenvalue weighted by atomic mass is 79.9. The molecule has 0 radical (unpaired) electrons. The molecule has 1 heterocycles. The lowest BCUT2D eigenvalue weighted by molar-refractivity contribution is 0.195. The first-order chi connectivity index (χ1) is 9.65. The Morgan fingerprint density at radius 1 is 1.20 bits per heavy atom. The number of hydrogen-bond acceptors (Lipinski definition) is 4. The van der Waals surface area contributed by atoms with Crippen LogP contribution in [0.1, 0.15) is 38.1 Å². The van der Waals surface area contributed by atoms with Crippen LogP contribution in [-0.2, 0) is 0 Å². The Hall–Kier alpha value is 0.0600. The third-order valence-electron chi connectivity index (χ3n) is 3.80. The van der Waals surface area contributed by atoms with Crippen LogP contribution >= 0.6 is 27.3 Å². The molecule has 0 aliphatic carbocycles. The molecule has 0 amide bonds. The van der Waals surface area contributed by atoms with E-state index in [-0.39, 0.29) is 0 Å². The largest absolute Gasteiger partial charge is 0.329 e. The average molecular weight is 362 g/mol. The maximum Gasteiger partial charge on any atom is 0.0564 e. The second kappa shape index (κ2) is 9.90. The zero-order chi connectivity index (χ0) is 15.0. The van der Waals surface area contributed by atoms with Gasteiger partial charge in [-0.25, -0.2) is 0 Å². The Morgan fingerprint density at radius 3 is 2.35 bits per heavy atom. The van der Waals surface area contributed by atoms with Crippen molar-refractivity contribution in [2.45, 2.75) is 33.2 Å². The maximum atomic E-state index is 6.01. The lowest BCUT2D eigenvalue weighted by Crippen LogP contribution is -2.35. The van der Waals surface area contributed by atoms with Crippen molar-refractivity contribution in [3.8, 4) is 0 Å². The molecule has 0 saturated carbocycles. The van der Waals surface area contributed by atoms with Gasteiger partial charge in [0.1, 0.15) is 0 Å².